The van der Waals surface area contributed by atoms with Crippen molar-refractivity contribution >= 4 is 22.8 Å². The molecule has 0 fully saturated rings. The molecule has 0 aliphatic rings. The van der Waals surface area contributed by atoms with Crippen molar-refractivity contribution in [2.75, 3.05) is 6.54 Å². The van der Waals surface area contributed by atoms with Crippen LogP contribution in [-0.4, -0.2) is 28.3 Å². The molecule has 0 aliphatic carbocycles. The highest BCUT2D eigenvalue weighted by atomic mass is 19.1. The van der Waals surface area contributed by atoms with Crippen LogP contribution < -0.4 is 10.6 Å². The first kappa shape index (κ1) is 20.5. The monoisotopic (exact) mass is 396 g/mol. The van der Waals surface area contributed by atoms with Gasteiger partial charge in [-0.05, 0) is 35.7 Å². The number of fused-ring (bicyclic) bond motifs is 1. The number of halogens is 1. The fourth-order valence-electron chi connectivity index (χ4n) is 3.13. The highest BCUT2D eigenvalue weighted by Crippen LogP contribution is 2.24. The van der Waals surface area contributed by atoms with Crippen LogP contribution in [0.5, 0.6) is 0 Å². The van der Waals surface area contributed by atoms with Crippen molar-refractivity contribution < 1.29 is 14.0 Å². The summed E-state index contributed by atoms with van der Waals surface area (Å²) < 4.78 is 13.2. The van der Waals surface area contributed by atoms with Crippen molar-refractivity contribution in [1.82, 2.24) is 20.6 Å². The van der Waals surface area contributed by atoms with E-state index in [1.807, 2.05) is 38.1 Å². The summed E-state index contributed by atoms with van der Waals surface area (Å²) in [5, 5.41) is 5.55. The summed E-state index contributed by atoms with van der Waals surface area (Å²) in [7, 11) is 0. The Morgan fingerprint density at radius 2 is 1.93 bits per heavy atom. The summed E-state index contributed by atoms with van der Waals surface area (Å²) >= 11 is 0. The smallest absolute Gasteiger partial charge is 0.239 e. The lowest BCUT2D eigenvalue weighted by atomic mass is 9.98. The summed E-state index contributed by atoms with van der Waals surface area (Å²) in [5.74, 6) is -0.185. The van der Waals surface area contributed by atoms with Crippen LogP contribution in [0.2, 0.25) is 0 Å². The number of hydrogen-bond acceptors (Lipinski definition) is 3. The summed E-state index contributed by atoms with van der Waals surface area (Å²) in [6.45, 7) is 3.94. The van der Waals surface area contributed by atoms with E-state index in [1.54, 1.807) is 12.1 Å². The third-order valence-corrected chi connectivity index (χ3v) is 4.93. The number of aromatic nitrogens is 2. The van der Waals surface area contributed by atoms with E-state index in [-0.39, 0.29) is 36.7 Å². The Hall–Kier alpha value is -3.22. The van der Waals surface area contributed by atoms with E-state index in [2.05, 4.69) is 20.6 Å². The molecule has 152 valence electrons. The molecule has 0 radical (unpaired) electrons. The Labute approximate surface area is 168 Å². The van der Waals surface area contributed by atoms with Gasteiger partial charge >= 0.3 is 0 Å². The van der Waals surface area contributed by atoms with Crippen molar-refractivity contribution in [2.24, 2.45) is 5.92 Å². The van der Waals surface area contributed by atoms with Gasteiger partial charge in [0.2, 0.25) is 11.8 Å². The van der Waals surface area contributed by atoms with Crippen LogP contribution in [-0.2, 0) is 16.0 Å². The number of imidazole rings is 1. The van der Waals surface area contributed by atoms with Gasteiger partial charge in [-0.25, -0.2) is 9.37 Å². The van der Waals surface area contributed by atoms with Gasteiger partial charge < -0.3 is 15.6 Å². The van der Waals surface area contributed by atoms with Crippen LogP contribution >= 0.6 is 0 Å². The second-order valence-corrected chi connectivity index (χ2v) is 7.15. The van der Waals surface area contributed by atoms with E-state index in [1.165, 1.54) is 12.1 Å². The molecule has 0 saturated heterocycles. The number of carbonyl (C=O) groups excluding carboxylic acids is 2. The molecule has 3 N–H and O–H groups in total. The predicted octanol–water partition coefficient (Wildman–Crippen LogP) is 3.26. The van der Waals surface area contributed by atoms with E-state index >= 15 is 0 Å². The SMILES string of the molecule is CCC(C)C(NC(=O)CNC(=O)Cc1cccc(F)c1)c1nc2ccccc2[nH]1. The van der Waals surface area contributed by atoms with Gasteiger partial charge in [0, 0.05) is 0 Å². The van der Waals surface area contributed by atoms with Gasteiger partial charge in [-0.3, -0.25) is 9.59 Å². The molecule has 3 aromatic rings. The van der Waals surface area contributed by atoms with Crippen LogP contribution in [0.3, 0.4) is 0 Å². The molecule has 2 atom stereocenters. The van der Waals surface area contributed by atoms with Crippen LogP contribution in [0.4, 0.5) is 4.39 Å². The highest BCUT2D eigenvalue weighted by Gasteiger charge is 2.23. The van der Waals surface area contributed by atoms with E-state index in [0.717, 1.165) is 17.5 Å². The molecule has 0 bridgehead atoms. The van der Waals surface area contributed by atoms with Crippen LogP contribution in [0.15, 0.2) is 48.5 Å². The number of nitrogens with zero attached hydrogens (tertiary/aromatic N) is 1. The summed E-state index contributed by atoms with van der Waals surface area (Å²) in [6, 6.07) is 13.2. The second kappa shape index (κ2) is 9.32. The predicted molar refractivity (Wildman–Crippen MR) is 110 cm³/mol. The van der Waals surface area contributed by atoms with Crippen molar-refractivity contribution in [2.45, 2.75) is 32.7 Å². The van der Waals surface area contributed by atoms with E-state index < -0.39 is 5.82 Å². The topological polar surface area (TPSA) is 86.9 Å². The number of aromatic amines is 1. The molecule has 3 rings (SSSR count). The summed E-state index contributed by atoms with van der Waals surface area (Å²) in [6.07, 6.45) is 0.872. The van der Waals surface area contributed by atoms with E-state index in [0.29, 0.717) is 11.4 Å². The van der Waals surface area contributed by atoms with Crippen molar-refractivity contribution in [1.29, 1.82) is 0 Å². The number of nitrogens with one attached hydrogen (secondary N) is 3. The zero-order chi connectivity index (χ0) is 20.8. The average molecular weight is 396 g/mol. The zero-order valence-corrected chi connectivity index (χ0v) is 16.5. The molecular formula is C22H25FN4O2. The number of benzene rings is 2. The lowest BCUT2D eigenvalue weighted by molar-refractivity contribution is -0.126. The largest absolute Gasteiger partial charge is 0.347 e. The zero-order valence-electron chi connectivity index (χ0n) is 16.5. The number of para-hydroxylation sites is 2. The minimum atomic E-state index is -0.393. The maximum Gasteiger partial charge on any atom is 0.239 e. The molecule has 2 amide bonds. The molecule has 1 heterocycles. The van der Waals surface area contributed by atoms with Crippen LogP contribution in [0.1, 0.15) is 37.7 Å². The Morgan fingerprint density at radius 1 is 1.14 bits per heavy atom. The summed E-state index contributed by atoms with van der Waals surface area (Å²) in [4.78, 5) is 32.4. The molecule has 2 aromatic carbocycles. The van der Waals surface area contributed by atoms with E-state index in [4.69, 9.17) is 0 Å². The first-order valence-electron chi connectivity index (χ1n) is 9.71. The number of carbonyl (C=O) groups is 2. The molecule has 7 heteroatoms. The van der Waals surface area contributed by atoms with Crippen molar-refractivity contribution in [3.05, 3.63) is 65.7 Å². The third-order valence-electron chi connectivity index (χ3n) is 4.93. The number of amides is 2. The first-order chi connectivity index (χ1) is 14.0. The maximum atomic E-state index is 13.2. The van der Waals surface area contributed by atoms with Crippen LogP contribution in [0, 0.1) is 11.7 Å². The fraction of sp³-hybridized carbons (Fsp3) is 0.318. The Bertz CT molecular complexity index is 968. The third kappa shape index (κ3) is 5.40. The van der Waals surface area contributed by atoms with Gasteiger partial charge in [-0.2, -0.15) is 0 Å². The number of hydrogen-bond donors (Lipinski definition) is 3. The molecule has 6 nitrogen and oxygen atoms in total. The van der Waals surface area contributed by atoms with Crippen molar-refractivity contribution in [3.8, 4) is 0 Å². The molecule has 0 spiro atoms. The molecule has 2 unspecified atom stereocenters. The standard InChI is InChI=1S/C22H25FN4O2/c1-3-14(2)21(22-25-17-9-4-5-10-18(17)26-22)27-20(29)13-24-19(28)12-15-7-6-8-16(23)11-15/h4-11,14,21H,3,12-13H2,1-2H3,(H,24,28)(H,25,26)(H,27,29). The van der Waals surface area contributed by atoms with E-state index in [9.17, 15) is 14.0 Å². The van der Waals surface area contributed by atoms with Gasteiger partial charge in [-0.15, -0.1) is 0 Å². The Balaban J connectivity index is 1.60. The molecule has 0 saturated carbocycles. The van der Waals surface area contributed by atoms with Gasteiger partial charge in [0.05, 0.1) is 30.0 Å². The maximum absolute atomic E-state index is 13.2. The molecule has 1 aromatic heterocycles. The normalized spacial score (nSPS) is 13.1. The molecule has 0 aliphatic heterocycles. The lowest BCUT2D eigenvalue weighted by Crippen LogP contribution is -2.41. The lowest BCUT2D eigenvalue weighted by Gasteiger charge is -2.22. The van der Waals surface area contributed by atoms with Crippen molar-refractivity contribution in [3.63, 3.8) is 0 Å². The summed E-state index contributed by atoms with van der Waals surface area (Å²) in [5.41, 5.74) is 2.31. The van der Waals surface area contributed by atoms with Gasteiger partial charge in [0.1, 0.15) is 11.6 Å². The highest BCUT2D eigenvalue weighted by molar-refractivity contribution is 5.86. The first-order valence-corrected chi connectivity index (χ1v) is 9.71. The van der Waals surface area contributed by atoms with Gasteiger partial charge in [0.25, 0.3) is 0 Å². The molecule has 29 heavy (non-hydrogen) atoms. The van der Waals surface area contributed by atoms with Gasteiger partial charge in [-0.1, -0.05) is 44.5 Å². The molecular weight excluding hydrogens is 371 g/mol. The number of rotatable bonds is 8. The Kier molecular flexibility index (Phi) is 6.59. The fourth-order valence-corrected chi connectivity index (χ4v) is 3.13. The second-order valence-electron chi connectivity index (χ2n) is 7.15. The minimum Gasteiger partial charge on any atom is -0.347 e. The van der Waals surface area contributed by atoms with Gasteiger partial charge in [0.15, 0.2) is 0 Å². The quantitative estimate of drug-likeness (QED) is 0.546. The van der Waals surface area contributed by atoms with Crippen LogP contribution in [0.25, 0.3) is 11.0 Å². The average Bonchev–Trinajstić information content (AvgIpc) is 3.14. The minimum absolute atomic E-state index is 0.0173. The number of H-pyrrole nitrogens is 1. The Morgan fingerprint density at radius 3 is 2.66 bits per heavy atom.